The van der Waals surface area contributed by atoms with E-state index >= 15 is 0 Å². The number of ether oxygens (including phenoxy) is 1. The number of likely N-dealkylation sites (N-methyl/N-ethyl adjacent to an activating group) is 1. The highest BCUT2D eigenvalue weighted by atomic mass is 16.5. The SMILES string of the molecule is CCC(=O)NCC(c1ccccc1OC)N1CCN(CC)CC1. The number of benzene rings is 1. The summed E-state index contributed by atoms with van der Waals surface area (Å²) in [4.78, 5) is 16.6. The summed E-state index contributed by atoms with van der Waals surface area (Å²) in [7, 11) is 1.70. The average Bonchev–Trinajstić information content (AvgIpc) is 2.62. The van der Waals surface area contributed by atoms with Crippen LogP contribution in [0.3, 0.4) is 0 Å². The number of amides is 1. The predicted molar refractivity (Wildman–Crippen MR) is 92.7 cm³/mol. The van der Waals surface area contributed by atoms with Crippen molar-refractivity contribution >= 4 is 5.91 Å². The highest BCUT2D eigenvalue weighted by Gasteiger charge is 2.26. The second kappa shape index (κ2) is 8.89. The lowest BCUT2D eigenvalue weighted by atomic mass is 10.0. The van der Waals surface area contributed by atoms with Crippen LogP contribution in [0, 0.1) is 0 Å². The molecule has 1 aliphatic rings. The minimum Gasteiger partial charge on any atom is -0.496 e. The van der Waals surface area contributed by atoms with Gasteiger partial charge in [0.1, 0.15) is 5.75 Å². The molecule has 0 spiro atoms. The van der Waals surface area contributed by atoms with Gasteiger partial charge in [0.15, 0.2) is 0 Å². The smallest absolute Gasteiger partial charge is 0.219 e. The molecule has 1 aromatic rings. The Labute approximate surface area is 139 Å². The van der Waals surface area contributed by atoms with Gasteiger partial charge < -0.3 is 15.0 Å². The van der Waals surface area contributed by atoms with Gasteiger partial charge in [0, 0.05) is 44.7 Å². The molecule has 5 nitrogen and oxygen atoms in total. The van der Waals surface area contributed by atoms with Crippen molar-refractivity contribution in [3.63, 3.8) is 0 Å². The molecule has 1 unspecified atom stereocenters. The molecule has 0 bridgehead atoms. The van der Waals surface area contributed by atoms with Gasteiger partial charge in [0.2, 0.25) is 5.91 Å². The molecule has 2 rings (SSSR count). The first kappa shape index (κ1) is 17.8. The molecular formula is C18H29N3O2. The van der Waals surface area contributed by atoms with Crippen molar-refractivity contribution in [3.8, 4) is 5.75 Å². The Balaban J connectivity index is 2.16. The van der Waals surface area contributed by atoms with Gasteiger partial charge in [-0.1, -0.05) is 32.0 Å². The zero-order valence-corrected chi connectivity index (χ0v) is 14.5. The molecule has 1 aliphatic heterocycles. The molecule has 0 saturated carbocycles. The predicted octanol–water partition coefficient (Wildman–Crippen LogP) is 1.90. The molecule has 0 radical (unpaired) electrons. The van der Waals surface area contributed by atoms with E-state index in [9.17, 15) is 4.79 Å². The van der Waals surface area contributed by atoms with Gasteiger partial charge >= 0.3 is 0 Å². The van der Waals surface area contributed by atoms with Crippen molar-refractivity contribution in [1.82, 2.24) is 15.1 Å². The number of hydrogen-bond donors (Lipinski definition) is 1. The number of carbonyl (C=O) groups excluding carboxylic acids is 1. The van der Waals surface area contributed by atoms with Gasteiger partial charge in [-0.3, -0.25) is 9.69 Å². The van der Waals surface area contributed by atoms with Gasteiger partial charge in [0.05, 0.1) is 13.2 Å². The molecule has 1 amide bonds. The second-order valence-corrected chi connectivity index (χ2v) is 5.89. The molecular weight excluding hydrogens is 290 g/mol. The summed E-state index contributed by atoms with van der Waals surface area (Å²) in [5.74, 6) is 0.985. The van der Waals surface area contributed by atoms with Gasteiger partial charge in [-0.25, -0.2) is 0 Å². The van der Waals surface area contributed by atoms with E-state index in [0.29, 0.717) is 13.0 Å². The van der Waals surface area contributed by atoms with Crippen molar-refractivity contribution in [1.29, 1.82) is 0 Å². The normalized spacial score (nSPS) is 17.7. The van der Waals surface area contributed by atoms with E-state index in [2.05, 4.69) is 28.1 Å². The molecule has 128 valence electrons. The first-order valence-electron chi connectivity index (χ1n) is 8.55. The van der Waals surface area contributed by atoms with Crippen molar-refractivity contribution in [3.05, 3.63) is 29.8 Å². The van der Waals surface area contributed by atoms with E-state index in [1.54, 1.807) is 7.11 Å². The number of para-hydroxylation sites is 1. The molecule has 1 fully saturated rings. The fourth-order valence-electron chi connectivity index (χ4n) is 3.10. The number of carbonyl (C=O) groups is 1. The summed E-state index contributed by atoms with van der Waals surface area (Å²) in [5, 5.41) is 3.05. The highest BCUT2D eigenvalue weighted by Crippen LogP contribution is 2.29. The van der Waals surface area contributed by atoms with E-state index in [-0.39, 0.29) is 11.9 Å². The van der Waals surface area contributed by atoms with Crippen LogP contribution in [-0.4, -0.2) is 62.1 Å². The van der Waals surface area contributed by atoms with Crippen LogP contribution in [0.15, 0.2) is 24.3 Å². The van der Waals surface area contributed by atoms with E-state index in [1.165, 1.54) is 0 Å². The molecule has 1 heterocycles. The first-order valence-corrected chi connectivity index (χ1v) is 8.55. The van der Waals surface area contributed by atoms with Crippen molar-refractivity contribution in [2.24, 2.45) is 0 Å². The monoisotopic (exact) mass is 319 g/mol. The van der Waals surface area contributed by atoms with Crippen LogP contribution in [-0.2, 0) is 4.79 Å². The molecule has 1 saturated heterocycles. The summed E-state index contributed by atoms with van der Waals surface area (Å²) in [6, 6.07) is 8.27. The number of nitrogens with one attached hydrogen (secondary N) is 1. The molecule has 1 aromatic carbocycles. The van der Waals surface area contributed by atoms with Crippen LogP contribution >= 0.6 is 0 Å². The quantitative estimate of drug-likeness (QED) is 0.834. The first-order chi connectivity index (χ1) is 11.2. The molecule has 0 aromatic heterocycles. The summed E-state index contributed by atoms with van der Waals surface area (Å²) < 4.78 is 5.54. The van der Waals surface area contributed by atoms with Crippen LogP contribution in [0.5, 0.6) is 5.75 Å². The van der Waals surface area contributed by atoms with Crippen molar-refractivity contribution in [2.45, 2.75) is 26.3 Å². The Morgan fingerprint density at radius 3 is 2.52 bits per heavy atom. The number of nitrogens with zero attached hydrogens (tertiary/aromatic N) is 2. The highest BCUT2D eigenvalue weighted by molar-refractivity contribution is 5.75. The Morgan fingerprint density at radius 2 is 1.91 bits per heavy atom. The average molecular weight is 319 g/mol. The lowest BCUT2D eigenvalue weighted by Gasteiger charge is -2.39. The number of rotatable bonds is 7. The Kier molecular flexibility index (Phi) is 6.86. The lowest BCUT2D eigenvalue weighted by molar-refractivity contribution is -0.121. The van der Waals surface area contributed by atoms with Gasteiger partial charge in [-0.15, -0.1) is 0 Å². The van der Waals surface area contributed by atoms with Crippen molar-refractivity contribution in [2.75, 3.05) is 46.4 Å². The van der Waals surface area contributed by atoms with E-state index in [1.807, 2.05) is 25.1 Å². The summed E-state index contributed by atoms with van der Waals surface area (Å²) in [5.41, 5.74) is 1.15. The fourth-order valence-corrected chi connectivity index (χ4v) is 3.10. The minimum absolute atomic E-state index is 0.0945. The van der Waals surface area contributed by atoms with Crippen molar-refractivity contribution < 1.29 is 9.53 Å². The van der Waals surface area contributed by atoms with E-state index in [4.69, 9.17) is 4.74 Å². The van der Waals surface area contributed by atoms with Crippen LogP contribution in [0.25, 0.3) is 0 Å². The van der Waals surface area contributed by atoms with E-state index < -0.39 is 0 Å². The summed E-state index contributed by atoms with van der Waals surface area (Å²) >= 11 is 0. The lowest BCUT2D eigenvalue weighted by Crippen LogP contribution is -2.49. The third kappa shape index (κ3) is 4.69. The van der Waals surface area contributed by atoms with Crippen LogP contribution < -0.4 is 10.1 Å². The zero-order chi connectivity index (χ0) is 16.7. The Bertz CT molecular complexity index is 499. The van der Waals surface area contributed by atoms with Gasteiger partial charge in [-0.05, 0) is 12.6 Å². The van der Waals surface area contributed by atoms with Gasteiger partial charge in [-0.2, -0.15) is 0 Å². The second-order valence-electron chi connectivity index (χ2n) is 5.89. The number of piperazine rings is 1. The largest absolute Gasteiger partial charge is 0.496 e. The zero-order valence-electron chi connectivity index (χ0n) is 14.5. The molecule has 23 heavy (non-hydrogen) atoms. The molecule has 5 heteroatoms. The summed E-state index contributed by atoms with van der Waals surface area (Å²) in [6.07, 6.45) is 0.516. The topological polar surface area (TPSA) is 44.8 Å². The molecule has 1 atom stereocenters. The Morgan fingerprint density at radius 1 is 1.22 bits per heavy atom. The fraction of sp³-hybridized carbons (Fsp3) is 0.611. The third-order valence-corrected chi connectivity index (χ3v) is 4.61. The van der Waals surface area contributed by atoms with Crippen LogP contribution in [0.1, 0.15) is 31.9 Å². The van der Waals surface area contributed by atoms with E-state index in [0.717, 1.165) is 44.0 Å². The Hall–Kier alpha value is -1.59. The molecule has 1 N–H and O–H groups in total. The minimum atomic E-state index is 0.0945. The van der Waals surface area contributed by atoms with Crippen LogP contribution in [0.4, 0.5) is 0 Å². The molecule has 0 aliphatic carbocycles. The third-order valence-electron chi connectivity index (χ3n) is 4.61. The standard InChI is InChI=1S/C18H29N3O2/c1-4-18(22)19-14-16(15-8-6-7-9-17(15)23-3)21-12-10-20(5-2)11-13-21/h6-9,16H,4-5,10-14H2,1-3H3,(H,19,22). The van der Waals surface area contributed by atoms with Gasteiger partial charge in [0.25, 0.3) is 0 Å². The maximum absolute atomic E-state index is 11.7. The summed E-state index contributed by atoms with van der Waals surface area (Å²) in [6.45, 7) is 9.98. The number of methoxy groups -OCH3 is 1. The maximum Gasteiger partial charge on any atom is 0.219 e. The maximum atomic E-state index is 11.7. The van der Waals surface area contributed by atoms with Crippen LogP contribution in [0.2, 0.25) is 0 Å². The number of hydrogen-bond acceptors (Lipinski definition) is 4.